The van der Waals surface area contributed by atoms with E-state index in [-0.39, 0.29) is 5.69 Å². The van der Waals surface area contributed by atoms with Gasteiger partial charge in [0.1, 0.15) is 11.5 Å². The Morgan fingerprint density at radius 3 is 2.59 bits per heavy atom. The van der Waals surface area contributed by atoms with Crippen molar-refractivity contribution in [2.75, 3.05) is 0 Å². The van der Waals surface area contributed by atoms with Crippen LogP contribution in [0.1, 0.15) is 37.0 Å². The number of aromatic carboxylic acids is 1. The van der Waals surface area contributed by atoms with E-state index in [1.54, 1.807) is 0 Å². The number of hydrogen-bond acceptors (Lipinski definition) is 2. The molecule has 0 spiro atoms. The van der Waals surface area contributed by atoms with E-state index in [2.05, 4.69) is 4.98 Å². The molecule has 4 nitrogen and oxygen atoms in total. The molecule has 0 aliphatic rings. The van der Waals surface area contributed by atoms with E-state index in [0.717, 1.165) is 6.20 Å². The van der Waals surface area contributed by atoms with Crippen molar-refractivity contribution in [1.29, 1.82) is 0 Å². The van der Waals surface area contributed by atoms with Gasteiger partial charge in [0.2, 0.25) is 0 Å². The van der Waals surface area contributed by atoms with Crippen molar-refractivity contribution in [3.63, 3.8) is 0 Å². The molecular formula is C12H13FN2O2. The minimum Gasteiger partial charge on any atom is -0.477 e. The molecule has 0 radical (unpaired) electrons. The molecule has 0 atom stereocenters. The topological polar surface area (TPSA) is 54.6 Å². The zero-order valence-corrected chi connectivity index (χ0v) is 9.86. The highest BCUT2D eigenvalue weighted by molar-refractivity contribution is 5.88. The van der Waals surface area contributed by atoms with E-state index in [9.17, 15) is 14.3 Å². The third kappa shape index (κ3) is 1.88. The Kier molecular flexibility index (Phi) is 2.41. The summed E-state index contributed by atoms with van der Waals surface area (Å²) in [7, 11) is 0. The van der Waals surface area contributed by atoms with Gasteiger partial charge >= 0.3 is 5.97 Å². The lowest BCUT2D eigenvalue weighted by atomic mass is 9.91. The van der Waals surface area contributed by atoms with Crippen molar-refractivity contribution in [2.24, 2.45) is 0 Å². The van der Waals surface area contributed by atoms with Gasteiger partial charge in [-0.25, -0.2) is 14.2 Å². The van der Waals surface area contributed by atoms with Crippen LogP contribution in [0.25, 0.3) is 5.65 Å². The summed E-state index contributed by atoms with van der Waals surface area (Å²) in [4.78, 5) is 15.5. The van der Waals surface area contributed by atoms with Gasteiger partial charge in [0.15, 0.2) is 5.69 Å². The van der Waals surface area contributed by atoms with Crippen molar-refractivity contribution in [3.8, 4) is 0 Å². The fourth-order valence-corrected chi connectivity index (χ4v) is 1.75. The average Bonchev–Trinajstić information content (AvgIpc) is 2.55. The number of hydrogen-bond donors (Lipinski definition) is 1. The van der Waals surface area contributed by atoms with Crippen LogP contribution < -0.4 is 0 Å². The van der Waals surface area contributed by atoms with Crippen LogP contribution in [0.4, 0.5) is 4.39 Å². The molecule has 0 saturated carbocycles. The smallest absolute Gasteiger partial charge is 0.354 e. The van der Waals surface area contributed by atoms with E-state index < -0.39 is 17.2 Å². The number of halogens is 1. The number of fused-ring (bicyclic) bond motifs is 1. The number of aromatic nitrogens is 2. The molecule has 0 aliphatic heterocycles. The molecule has 0 aliphatic carbocycles. The number of pyridine rings is 1. The van der Waals surface area contributed by atoms with E-state index in [1.807, 2.05) is 20.8 Å². The van der Waals surface area contributed by atoms with E-state index in [1.165, 1.54) is 16.5 Å². The van der Waals surface area contributed by atoms with Crippen LogP contribution in [0, 0.1) is 5.82 Å². The van der Waals surface area contributed by atoms with Gasteiger partial charge in [-0.3, -0.25) is 4.40 Å². The molecule has 0 fully saturated rings. The molecule has 2 rings (SSSR count). The van der Waals surface area contributed by atoms with Crippen LogP contribution in [-0.2, 0) is 5.41 Å². The Morgan fingerprint density at radius 1 is 1.41 bits per heavy atom. The normalized spacial score (nSPS) is 12.0. The summed E-state index contributed by atoms with van der Waals surface area (Å²) in [6.07, 6.45) is 1.14. The molecular weight excluding hydrogens is 223 g/mol. The number of rotatable bonds is 1. The van der Waals surface area contributed by atoms with E-state index in [4.69, 9.17) is 0 Å². The highest BCUT2D eigenvalue weighted by Crippen LogP contribution is 2.26. The summed E-state index contributed by atoms with van der Waals surface area (Å²) in [5.74, 6) is -1.59. The number of nitrogens with zero attached hydrogens (tertiary/aromatic N) is 2. The van der Waals surface area contributed by atoms with Gasteiger partial charge in [0.25, 0.3) is 0 Å². The maximum absolute atomic E-state index is 13.1. The van der Waals surface area contributed by atoms with Crippen molar-refractivity contribution in [2.45, 2.75) is 26.2 Å². The van der Waals surface area contributed by atoms with Gasteiger partial charge in [-0.05, 0) is 12.1 Å². The van der Waals surface area contributed by atoms with Gasteiger partial charge in [0.05, 0.1) is 5.69 Å². The quantitative estimate of drug-likeness (QED) is 0.827. The first-order valence-corrected chi connectivity index (χ1v) is 5.22. The van der Waals surface area contributed by atoms with Gasteiger partial charge in [-0.1, -0.05) is 20.8 Å². The third-order valence-electron chi connectivity index (χ3n) is 2.50. The lowest BCUT2D eigenvalue weighted by molar-refractivity contribution is 0.0686. The minimum absolute atomic E-state index is 0.0204. The predicted molar refractivity (Wildman–Crippen MR) is 60.8 cm³/mol. The Bertz CT molecular complexity index is 596. The standard InChI is InChI=1S/C12H13FN2O2/c1-12(2,3)10-9(11(16)17)15-6-7(13)4-5-8(15)14-10/h4-6H,1-3H3,(H,16,17). The van der Waals surface area contributed by atoms with Gasteiger partial charge in [0, 0.05) is 11.6 Å². The Balaban J connectivity index is 2.86. The van der Waals surface area contributed by atoms with Crippen LogP contribution in [0.3, 0.4) is 0 Å². The molecule has 0 saturated heterocycles. The highest BCUT2D eigenvalue weighted by atomic mass is 19.1. The second-order valence-electron chi connectivity index (χ2n) is 4.94. The number of carboxylic acid groups (broad SMARTS) is 1. The molecule has 2 aromatic rings. The molecule has 90 valence electrons. The zero-order chi connectivity index (χ0) is 12.8. The van der Waals surface area contributed by atoms with Crippen molar-refractivity contribution >= 4 is 11.6 Å². The molecule has 0 unspecified atom stereocenters. The fourth-order valence-electron chi connectivity index (χ4n) is 1.75. The monoisotopic (exact) mass is 236 g/mol. The average molecular weight is 236 g/mol. The van der Waals surface area contributed by atoms with Crippen LogP contribution in [0.5, 0.6) is 0 Å². The van der Waals surface area contributed by atoms with Crippen molar-refractivity contribution < 1.29 is 14.3 Å². The highest BCUT2D eigenvalue weighted by Gasteiger charge is 2.27. The maximum atomic E-state index is 13.1. The van der Waals surface area contributed by atoms with Gasteiger partial charge < -0.3 is 5.11 Å². The van der Waals surface area contributed by atoms with Crippen molar-refractivity contribution in [3.05, 3.63) is 35.5 Å². The molecule has 0 aromatic carbocycles. The Morgan fingerprint density at radius 2 is 2.06 bits per heavy atom. The summed E-state index contributed by atoms with van der Waals surface area (Å²) in [6, 6.07) is 2.73. The number of carboxylic acids is 1. The zero-order valence-electron chi connectivity index (χ0n) is 9.86. The molecule has 2 aromatic heterocycles. The number of carbonyl (C=O) groups is 1. The first-order chi connectivity index (χ1) is 7.80. The van der Waals surface area contributed by atoms with E-state index in [0.29, 0.717) is 11.3 Å². The SMILES string of the molecule is CC(C)(C)c1nc2ccc(F)cn2c1C(=O)O. The molecule has 5 heteroatoms. The maximum Gasteiger partial charge on any atom is 0.354 e. The summed E-state index contributed by atoms with van der Waals surface area (Å²) in [5, 5.41) is 9.22. The molecule has 2 heterocycles. The van der Waals surface area contributed by atoms with Crippen LogP contribution in [0.15, 0.2) is 18.3 Å². The second kappa shape index (κ2) is 3.55. The van der Waals surface area contributed by atoms with Crippen LogP contribution >= 0.6 is 0 Å². The number of imidazole rings is 1. The first kappa shape index (κ1) is 11.6. The van der Waals surface area contributed by atoms with Crippen LogP contribution in [0.2, 0.25) is 0 Å². The molecule has 1 N–H and O–H groups in total. The Hall–Kier alpha value is -1.91. The molecule has 0 amide bonds. The predicted octanol–water partition coefficient (Wildman–Crippen LogP) is 2.47. The summed E-state index contributed by atoms with van der Waals surface area (Å²) in [6.45, 7) is 5.62. The lowest BCUT2D eigenvalue weighted by Gasteiger charge is -2.16. The largest absolute Gasteiger partial charge is 0.477 e. The second-order valence-corrected chi connectivity index (χ2v) is 4.94. The van der Waals surface area contributed by atoms with Crippen LogP contribution in [-0.4, -0.2) is 20.5 Å². The van der Waals surface area contributed by atoms with Crippen molar-refractivity contribution in [1.82, 2.24) is 9.38 Å². The third-order valence-corrected chi connectivity index (χ3v) is 2.50. The van der Waals surface area contributed by atoms with Gasteiger partial charge in [-0.2, -0.15) is 0 Å². The summed E-state index contributed by atoms with van der Waals surface area (Å²) >= 11 is 0. The summed E-state index contributed by atoms with van der Waals surface area (Å²) < 4.78 is 14.4. The minimum atomic E-state index is -1.10. The fraction of sp³-hybridized carbons (Fsp3) is 0.333. The Labute approximate surface area is 97.7 Å². The lowest BCUT2D eigenvalue weighted by Crippen LogP contribution is -2.17. The van der Waals surface area contributed by atoms with Gasteiger partial charge in [-0.15, -0.1) is 0 Å². The molecule has 17 heavy (non-hydrogen) atoms. The molecule has 0 bridgehead atoms. The summed E-state index contributed by atoms with van der Waals surface area (Å²) in [5.41, 5.74) is 0.507. The first-order valence-electron chi connectivity index (χ1n) is 5.22. The van der Waals surface area contributed by atoms with E-state index >= 15 is 0 Å².